The number of alkyl halides is 3. The molecule has 0 amide bonds. The van der Waals surface area contributed by atoms with E-state index in [0.717, 1.165) is 16.8 Å². The van der Waals surface area contributed by atoms with E-state index in [4.69, 9.17) is 34.2 Å². The van der Waals surface area contributed by atoms with Gasteiger partial charge in [0.25, 0.3) is 0 Å². The maximum Gasteiger partial charge on any atom is 0.416 e. The predicted molar refractivity (Wildman–Crippen MR) is 84.1 cm³/mol. The van der Waals surface area contributed by atoms with Gasteiger partial charge in [0.15, 0.2) is 5.69 Å². The van der Waals surface area contributed by atoms with E-state index in [1.807, 2.05) is 13.0 Å². The van der Waals surface area contributed by atoms with Gasteiger partial charge in [-0.05, 0) is 17.9 Å². The lowest BCUT2D eigenvalue weighted by Gasteiger charge is -2.13. The minimum Gasteiger partial charge on any atom is -0.383 e. The molecule has 2 N–H and O–H groups in total. The minimum absolute atomic E-state index is 0.00159. The van der Waals surface area contributed by atoms with Crippen LogP contribution in [0.2, 0.25) is 10.0 Å². The number of hydrogen-bond donors (Lipinski definition) is 1. The highest BCUT2D eigenvalue weighted by Crippen LogP contribution is 2.39. The lowest BCUT2D eigenvalue weighted by atomic mass is 10.2. The molecular formula is C13H9Cl2F3N4S. The van der Waals surface area contributed by atoms with Gasteiger partial charge in [-0.2, -0.15) is 23.5 Å². The Morgan fingerprint density at radius 3 is 2.35 bits per heavy atom. The summed E-state index contributed by atoms with van der Waals surface area (Å²) in [6, 6.07) is 3.36. The number of anilines is 1. The molecule has 2 rings (SSSR count). The van der Waals surface area contributed by atoms with Crippen LogP contribution in [-0.2, 0) is 6.18 Å². The van der Waals surface area contributed by atoms with Crippen LogP contribution in [0.1, 0.15) is 18.2 Å². The van der Waals surface area contributed by atoms with Gasteiger partial charge in [0.05, 0.1) is 20.5 Å². The van der Waals surface area contributed by atoms with E-state index in [-0.39, 0.29) is 27.2 Å². The third kappa shape index (κ3) is 3.37. The maximum absolute atomic E-state index is 12.8. The second-order valence-corrected chi connectivity index (χ2v) is 6.39. The molecule has 2 aromatic rings. The Kier molecular flexibility index (Phi) is 5.04. The van der Waals surface area contributed by atoms with Crippen LogP contribution >= 0.6 is 35.0 Å². The zero-order valence-corrected chi connectivity index (χ0v) is 13.9. The van der Waals surface area contributed by atoms with Crippen molar-refractivity contribution in [3.63, 3.8) is 0 Å². The van der Waals surface area contributed by atoms with E-state index in [1.54, 1.807) is 0 Å². The van der Waals surface area contributed by atoms with Gasteiger partial charge in [-0.1, -0.05) is 30.1 Å². The molecule has 1 aromatic heterocycles. The molecule has 0 radical (unpaired) electrons. The van der Waals surface area contributed by atoms with Crippen LogP contribution < -0.4 is 5.73 Å². The number of benzene rings is 1. The van der Waals surface area contributed by atoms with Gasteiger partial charge in [-0.15, -0.1) is 11.8 Å². The highest BCUT2D eigenvalue weighted by Gasteiger charge is 2.32. The zero-order chi connectivity index (χ0) is 17.4. The summed E-state index contributed by atoms with van der Waals surface area (Å²) in [6.45, 7) is 1.86. The summed E-state index contributed by atoms with van der Waals surface area (Å²) in [7, 11) is 0. The Labute approximate surface area is 144 Å². The van der Waals surface area contributed by atoms with Crippen LogP contribution in [0.15, 0.2) is 17.0 Å². The first kappa shape index (κ1) is 17.8. The third-order valence-corrected chi connectivity index (χ3v) is 4.38. The van der Waals surface area contributed by atoms with Crippen molar-refractivity contribution in [2.24, 2.45) is 0 Å². The van der Waals surface area contributed by atoms with E-state index in [2.05, 4.69) is 5.10 Å². The SMILES string of the molecule is CCSc1c(C#N)nn(-c2c(Cl)cc(C(F)(F)F)cc2Cl)c1N. The smallest absolute Gasteiger partial charge is 0.383 e. The lowest BCUT2D eigenvalue weighted by Crippen LogP contribution is -2.08. The molecular weight excluding hydrogens is 372 g/mol. The Hall–Kier alpha value is -1.56. The molecule has 122 valence electrons. The molecule has 0 saturated carbocycles. The van der Waals surface area contributed by atoms with Gasteiger partial charge in [0.1, 0.15) is 17.6 Å². The molecule has 0 aliphatic rings. The molecule has 1 heterocycles. The van der Waals surface area contributed by atoms with Crippen molar-refractivity contribution in [3.05, 3.63) is 33.4 Å². The van der Waals surface area contributed by atoms with Crippen molar-refractivity contribution >= 4 is 40.8 Å². The number of nitriles is 1. The van der Waals surface area contributed by atoms with Crippen molar-refractivity contribution in [1.29, 1.82) is 5.26 Å². The average molecular weight is 381 g/mol. The van der Waals surface area contributed by atoms with Gasteiger partial charge >= 0.3 is 6.18 Å². The first-order valence-corrected chi connectivity index (χ1v) is 7.92. The quantitative estimate of drug-likeness (QED) is 0.779. The average Bonchev–Trinajstić information content (AvgIpc) is 2.75. The fourth-order valence-electron chi connectivity index (χ4n) is 1.88. The Morgan fingerprint density at radius 2 is 1.91 bits per heavy atom. The molecule has 4 nitrogen and oxygen atoms in total. The van der Waals surface area contributed by atoms with E-state index < -0.39 is 11.7 Å². The number of hydrogen-bond acceptors (Lipinski definition) is 4. The summed E-state index contributed by atoms with van der Waals surface area (Å²) in [6.07, 6.45) is -4.58. The predicted octanol–water partition coefficient (Wildman–Crippen LogP) is 4.76. The summed E-state index contributed by atoms with van der Waals surface area (Å²) < 4.78 is 39.4. The zero-order valence-electron chi connectivity index (χ0n) is 11.6. The second-order valence-electron chi connectivity index (χ2n) is 4.31. The van der Waals surface area contributed by atoms with Gasteiger partial charge in [-0.3, -0.25) is 0 Å². The number of halogens is 5. The minimum atomic E-state index is -4.58. The van der Waals surface area contributed by atoms with Crippen LogP contribution in [0, 0.1) is 11.3 Å². The van der Waals surface area contributed by atoms with Gasteiger partial charge in [-0.25, -0.2) is 4.68 Å². The molecule has 0 spiro atoms. The maximum atomic E-state index is 12.8. The van der Waals surface area contributed by atoms with Crippen molar-refractivity contribution in [3.8, 4) is 11.8 Å². The van der Waals surface area contributed by atoms with Gasteiger partial charge in [0, 0.05) is 0 Å². The third-order valence-electron chi connectivity index (χ3n) is 2.83. The topological polar surface area (TPSA) is 67.6 Å². The molecule has 0 fully saturated rings. The van der Waals surface area contributed by atoms with Crippen LogP contribution in [0.4, 0.5) is 19.0 Å². The van der Waals surface area contributed by atoms with Crippen molar-refractivity contribution < 1.29 is 13.2 Å². The van der Waals surface area contributed by atoms with Crippen LogP contribution in [0.3, 0.4) is 0 Å². The lowest BCUT2D eigenvalue weighted by molar-refractivity contribution is -0.137. The monoisotopic (exact) mass is 380 g/mol. The molecule has 23 heavy (non-hydrogen) atoms. The molecule has 0 saturated heterocycles. The van der Waals surface area contributed by atoms with Crippen molar-refractivity contribution in [2.75, 3.05) is 11.5 Å². The molecule has 0 aliphatic heterocycles. The normalized spacial score (nSPS) is 11.5. The fraction of sp³-hybridized carbons (Fsp3) is 0.231. The van der Waals surface area contributed by atoms with E-state index in [1.165, 1.54) is 11.8 Å². The summed E-state index contributed by atoms with van der Waals surface area (Å²) in [5, 5.41) is 12.6. The molecule has 0 aliphatic carbocycles. The van der Waals surface area contributed by atoms with Gasteiger partial charge < -0.3 is 5.73 Å². The molecule has 0 atom stereocenters. The summed E-state index contributed by atoms with van der Waals surface area (Å²) in [5.74, 6) is 0.732. The summed E-state index contributed by atoms with van der Waals surface area (Å²) in [4.78, 5) is 0.432. The molecule has 1 aromatic carbocycles. The van der Waals surface area contributed by atoms with Crippen LogP contribution in [-0.4, -0.2) is 15.5 Å². The number of aromatic nitrogens is 2. The van der Waals surface area contributed by atoms with Crippen LogP contribution in [0.5, 0.6) is 0 Å². The Balaban J connectivity index is 2.67. The number of rotatable bonds is 3. The van der Waals surface area contributed by atoms with E-state index in [9.17, 15) is 13.2 Å². The molecule has 0 unspecified atom stereocenters. The second kappa shape index (κ2) is 6.51. The summed E-state index contributed by atoms with van der Waals surface area (Å²) in [5.41, 5.74) is 5.02. The van der Waals surface area contributed by atoms with Gasteiger partial charge in [0.2, 0.25) is 0 Å². The van der Waals surface area contributed by atoms with E-state index >= 15 is 0 Å². The largest absolute Gasteiger partial charge is 0.416 e. The Bertz CT molecular complexity index is 773. The first-order valence-electron chi connectivity index (χ1n) is 6.18. The summed E-state index contributed by atoms with van der Waals surface area (Å²) >= 11 is 13.2. The number of nitrogens with zero attached hydrogens (tertiary/aromatic N) is 3. The molecule has 0 bridgehead atoms. The van der Waals surface area contributed by atoms with Crippen LogP contribution in [0.25, 0.3) is 5.69 Å². The number of thioether (sulfide) groups is 1. The standard InChI is InChI=1S/C13H9Cl2F3N4S/c1-2-23-11-9(5-19)21-22(12(11)20)10-7(14)3-6(4-8(10)15)13(16,17)18/h3-4H,2,20H2,1H3. The first-order chi connectivity index (χ1) is 10.7. The van der Waals surface area contributed by atoms with E-state index in [0.29, 0.717) is 10.6 Å². The molecule has 10 heteroatoms. The number of nitrogens with two attached hydrogens (primary N) is 1. The fourth-order valence-corrected chi connectivity index (χ4v) is 3.27. The van der Waals surface area contributed by atoms with Crippen molar-refractivity contribution in [2.45, 2.75) is 18.0 Å². The number of nitrogen functional groups attached to an aromatic ring is 1. The highest BCUT2D eigenvalue weighted by atomic mass is 35.5. The Morgan fingerprint density at radius 1 is 1.35 bits per heavy atom. The highest BCUT2D eigenvalue weighted by molar-refractivity contribution is 7.99. The van der Waals surface area contributed by atoms with Crippen molar-refractivity contribution in [1.82, 2.24) is 9.78 Å².